The number of amides is 6. The molecular formula is C71H90N9O12+. The van der Waals surface area contributed by atoms with Crippen molar-refractivity contribution in [2.75, 3.05) is 55.8 Å². The monoisotopic (exact) mass is 1260 g/mol. The number of rotatable bonds is 19. The second kappa shape index (κ2) is 30.2. The molecule has 3 aromatic rings. The molecule has 0 unspecified atom stereocenters. The number of imide groups is 1. The number of carbonyl (C=O) groups is 7. The van der Waals surface area contributed by atoms with Gasteiger partial charge in [-0.05, 0) is 113 Å². The van der Waals surface area contributed by atoms with Crippen molar-refractivity contribution in [3.05, 3.63) is 118 Å². The van der Waals surface area contributed by atoms with E-state index in [0.717, 1.165) is 75.7 Å². The highest BCUT2D eigenvalue weighted by Crippen LogP contribution is 2.49. The molecule has 3 aromatic carbocycles. The summed E-state index contributed by atoms with van der Waals surface area (Å²) in [4.78, 5) is 116. The Morgan fingerprint density at radius 1 is 0.870 bits per heavy atom. The highest BCUT2D eigenvalue weighted by molar-refractivity contribution is 6.21. The highest BCUT2D eigenvalue weighted by atomic mass is 16.7. The number of unbranched alkanes of at least 4 members (excludes halogenated alkanes) is 2. The Bertz CT molecular complexity index is 3730. The first-order chi connectivity index (χ1) is 44.0. The fourth-order valence-electron chi connectivity index (χ4n) is 12.8. The van der Waals surface area contributed by atoms with Crippen LogP contribution in [-0.4, -0.2) is 125 Å². The predicted molar refractivity (Wildman–Crippen MR) is 355 cm³/mol. The summed E-state index contributed by atoms with van der Waals surface area (Å²) < 4.78 is 19.4. The lowest BCUT2D eigenvalue weighted by Gasteiger charge is -2.43. The number of allylic oxidation sites excluding steroid dienone is 4. The van der Waals surface area contributed by atoms with Gasteiger partial charge in [0.1, 0.15) is 47.0 Å². The Balaban J connectivity index is 0.866. The van der Waals surface area contributed by atoms with Crippen LogP contribution < -0.4 is 42.1 Å². The molecule has 5 bridgehead atoms. The summed E-state index contributed by atoms with van der Waals surface area (Å²) >= 11 is 0. The van der Waals surface area contributed by atoms with Crippen molar-refractivity contribution in [2.24, 2.45) is 23.5 Å². The van der Waals surface area contributed by atoms with Gasteiger partial charge in [-0.3, -0.25) is 43.3 Å². The van der Waals surface area contributed by atoms with Gasteiger partial charge in [-0.25, -0.2) is 4.98 Å². The molecule has 21 nitrogen and oxygen atoms in total. The molecule has 0 spiro atoms. The van der Waals surface area contributed by atoms with Crippen molar-refractivity contribution < 1.29 is 57.0 Å². The van der Waals surface area contributed by atoms with Crippen LogP contribution in [0.3, 0.4) is 0 Å². The standard InChI is InChI=1S/C71H89N9O12/c1-42(2)60(76-54(81)24-12-9-13-36-79-55(82)31-32-56(79)83)70(89)75-52(23-17-35-72)69(88)73-48-27-25-47(26-28-48)41-80(7,8)50-33-37-78(38-34-50)49-29-30-51-53(40-49)91-67-61(74-51)57-58-63(84)46(6)66-59(57)65(86)71(92-66)90-39-14-10-11-18-43(3)19-15-20-44(4)21-16-22-45(5)68(87)77-62(67)64(58)85/h14,16,21-22,25-32,39-40,42-44,50,52,60,71H,9-13,15,17-20,23-24,33-38,41,72H2,1-8H3,(H4-,73,74,75,76,77,81,84,85,86,87,88,89)/p+1/b21-16+,39-14+,45-22-/t43-,44+,52-,60-,71-/m0/s1. The number of ether oxygens (including phenoxy) is 2. The van der Waals surface area contributed by atoms with E-state index in [1.54, 1.807) is 19.9 Å². The number of fused-ring (bicyclic) bond motifs is 14. The van der Waals surface area contributed by atoms with Gasteiger partial charge < -0.3 is 55.4 Å². The normalized spacial score (nSPS) is 20.7. The minimum Gasteiger partial charge on any atom is -0.507 e. The summed E-state index contributed by atoms with van der Waals surface area (Å²) in [6, 6.07) is 11.8. The topological polar surface area (TPSA) is 282 Å². The number of aromatic hydroxyl groups is 1. The number of hydrogen-bond donors (Lipinski definition) is 6. The molecular weight excluding hydrogens is 1170 g/mol. The smallest absolute Gasteiger partial charge is 0.304 e. The van der Waals surface area contributed by atoms with E-state index in [1.165, 1.54) is 23.3 Å². The zero-order valence-electron chi connectivity index (χ0n) is 54.4. The van der Waals surface area contributed by atoms with E-state index < -0.39 is 53.1 Å². The number of nitrogens with two attached hydrogens (primary N) is 1. The van der Waals surface area contributed by atoms with E-state index in [4.69, 9.17) is 24.6 Å². The van der Waals surface area contributed by atoms with E-state index in [0.29, 0.717) is 84.0 Å². The van der Waals surface area contributed by atoms with E-state index >= 15 is 0 Å². The van der Waals surface area contributed by atoms with Gasteiger partial charge in [-0.2, -0.15) is 0 Å². The second-order valence-corrected chi connectivity index (χ2v) is 26.2. The summed E-state index contributed by atoms with van der Waals surface area (Å²) in [6.07, 6.45) is 20.4. The summed E-state index contributed by atoms with van der Waals surface area (Å²) in [6.45, 7) is 14.0. The molecule has 0 aromatic heterocycles. The molecule has 7 N–H and O–H groups in total. The highest BCUT2D eigenvalue weighted by Gasteiger charge is 2.42. The summed E-state index contributed by atoms with van der Waals surface area (Å²) in [5, 5.41) is 23.2. The van der Waals surface area contributed by atoms with Gasteiger partial charge in [0.2, 0.25) is 28.9 Å². The number of nitrogens with zero attached hydrogens (tertiary/aromatic N) is 4. The average Bonchev–Trinajstić information content (AvgIpc) is 1.30. The third kappa shape index (κ3) is 16.0. The van der Waals surface area contributed by atoms with Crippen molar-refractivity contribution >= 4 is 80.2 Å². The van der Waals surface area contributed by atoms with Gasteiger partial charge in [-0.15, -0.1) is 0 Å². The summed E-state index contributed by atoms with van der Waals surface area (Å²) in [5.41, 5.74) is 8.72. The van der Waals surface area contributed by atoms with Crippen LogP contribution in [0.4, 0.5) is 17.1 Å². The maximum absolute atomic E-state index is 14.9. The van der Waals surface area contributed by atoms with Crippen molar-refractivity contribution in [1.29, 1.82) is 0 Å². The number of phenols is 1. The van der Waals surface area contributed by atoms with Crippen LogP contribution in [0.25, 0.3) is 33.3 Å². The first-order valence-corrected chi connectivity index (χ1v) is 32.6. The number of ketones is 1. The maximum atomic E-state index is 14.9. The zero-order valence-corrected chi connectivity index (χ0v) is 54.4. The van der Waals surface area contributed by atoms with E-state index in [1.807, 2.05) is 68.5 Å². The largest absolute Gasteiger partial charge is 0.507 e. The Morgan fingerprint density at radius 3 is 2.32 bits per heavy atom. The lowest BCUT2D eigenvalue weighted by Crippen LogP contribution is -2.54. The molecule has 21 heteroatoms. The van der Waals surface area contributed by atoms with E-state index in [-0.39, 0.29) is 87.3 Å². The van der Waals surface area contributed by atoms with E-state index in [2.05, 4.69) is 60.2 Å². The molecule has 0 radical (unpaired) electrons. The number of aromatic nitrogens is 1. The molecule has 10 rings (SSSR count). The van der Waals surface area contributed by atoms with Crippen molar-refractivity contribution in [1.82, 2.24) is 20.5 Å². The number of Topliss-reactive ketones (excluding diaryl/α,β-unsaturated/α-hetero) is 1. The fourth-order valence-corrected chi connectivity index (χ4v) is 12.8. The number of anilines is 3. The number of nitrogens with one attached hydrogen (secondary N) is 4. The maximum Gasteiger partial charge on any atom is 0.304 e. The van der Waals surface area contributed by atoms with Crippen molar-refractivity contribution in [2.45, 2.75) is 162 Å². The minimum absolute atomic E-state index is 0.0277. The van der Waals surface area contributed by atoms with Crippen LogP contribution >= 0.6 is 0 Å². The quantitative estimate of drug-likeness (QED) is 0.0147. The Hall–Kier alpha value is -8.69. The Labute approximate surface area is 537 Å². The number of phenolic OH excluding ortho intramolecular Hbond substituents is 1. The Morgan fingerprint density at radius 2 is 1.60 bits per heavy atom. The van der Waals surface area contributed by atoms with Gasteiger partial charge in [-0.1, -0.05) is 83.7 Å². The van der Waals surface area contributed by atoms with Gasteiger partial charge >= 0.3 is 6.29 Å². The van der Waals surface area contributed by atoms with E-state index in [9.17, 15) is 43.5 Å². The number of hydrogen-bond acceptors (Lipinski definition) is 15. The number of carbonyl (C=O) groups excluding carboxylic acids is 7. The Kier molecular flexibility index (Phi) is 22.2. The third-order valence-electron chi connectivity index (χ3n) is 18.4. The SMILES string of the molecule is C/C1=C/C=C/[C@H](C)CCC[C@@H](C)CCC/C=C/O[C@H]2Oc3c(C)c(O)c4c(=O)c(c5oc6cc(N7CCC([N+](C)(C)Cc8ccc(NC(=O)[C@H](CCCN)NC(=O)[C@@H](NC(=O)CCCCCN9C(=O)C=CC9=O)C(C)C)cc8)CC7)ccc6nc-5c4c3C2=O)NC1=O. The molecule has 6 heterocycles. The van der Waals surface area contributed by atoms with Gasteiger partial charge in [0.25, 0.3) is 17.7 Å². The van der Waals surface area contributed by atoms with Crippen LogP contribution in [0, 0.1) is 24.7 Å². The fraction of sp³-hybridized carbons (Fsp3) is 0.479. The molecule has 1 fully saturated rings. The molecule has 490 valence electrons. The minimum atomic E-state index is -1.38. The molecule has 92 heavy (non-hydrogen) atoms. The summed E-state index contributed by atoms with van der Waals surface area (Å²) in [5.74, 6) is -2.83. The summed E-state index contributed by atoms with van der Waals surface area (Å²) in [7, 11) is 4.43. The first-order valence-electron chi connectivity index (χ1n) is 32.6. The number of piperidine rings is 1. The van der Waals surface area contributed by atoms with Gasteiger partial charge in [0.15, 0.2) is 11.3 Å². The molecule has 1 saturated heterocycles. The number of benzene rings is 4. The molecule has 6 aliphatic heterocycles. The van der Waals surface area contributed by atoms with Crippen LogP contribution in [0.1, 0.15) is 146 Å². The molecule has 0 saturated carbocycles. The average molecular weight is 1260 g/mol. The predicted octanol–water partition coefficient (Wildman–Crippen LogP) is 9.99. The van der Waals surface area contributed by atoms with Crippen molar-refractivity contribution in [3.63, 3.8) is 0 Å². The van der Waals surface area contributed by atoms with Crippen molar-refractivity contribution in [3.8, 4) is 23.0 Å². The lowest BCUT2D eigenvalue weighted by atomic mass is 9.92. The molecule has 6 amide bonds. The lowest BCUT2D eigenvalue weighted by molar-refractivity contribution is -0.928. The molecule has 7 aliphatic rings. The second-order valence-electron chi connectivity index (χ2n) is 26.2. The molecule has 1 aliphatic carbocycles. The van der Waals surface area contributed by atoms with Crippen LogP contribution in [0.15, 0.2) is 100.0 Å². The van der Waals surface area contributed by atoms with Gasteiger partial charge in [0, 0.05) is 90.6 Å². The van der Waals surface area contributed by atoms with Crippen LogP contribution in [-0.2, 0) is 40.0 Å². The first kappa shape index (κ1) is 67.7. The molecule has 5 atom stereocenters. The number of quaternary nitrogens is 1. The van der Waals surface area contributed by atoms with Crippen LogP contribution in [0.2, 0.25) is 0 Å². The zero-order chi connectivity index (χ0) is 66.0. The third-order valence-corrected chi connectivity index (χ3v) is 18.4. The van der Waals surface area contributed by atoms with Gasteiger partial charge in [0.05, 0.1) is 37.3 Å². The van der Waals surface area contributed by atoms with Crippen LogP contribution in [0.5, 0.6) is 11.5 Å².